The minimum Gasteiger partial charge on any atom is -0.369 e. The highest BCUT2D eigenvalue weighted by Gasteiger charge is 2.22. The number of hydrogen-bond acceptors (Lipinski definition) is 7. The maximum atomic E-state index is 12.7. The van der Waals surface area contributed by atoms with Gasteiger partial charge in [-0.05, 0) is 47.7 Å². The smallest absolute Gasteiger partial charge is 0.198 e. The van der Waals surface area contributed by atoms with Crippen molar-refractivity contribution in [1.82, 2.24) is 25.1 Å². The van der Waals surface area contributed by atoms with Crippen molar-refractivity contribution in [1.29, 1.82) is 0 Å². The van der Waals surface area contributed by atoms with Crippen LogP contribution in [0.2, 0.25) is 5.02 Å². The van der Waals surface area contributed by atoms with Crippen LogP contribution < -0.4 is 4.90 Å². The van der Waals surface area contributed by atoms with E-state index in [4.69, 9.17) is 11.6 Å². The van der Waals surface area contributed by atoms with Crippen LogP contribution in [0.3, 0.4) is 0 Å². The summed E-state index contributed by atoms with van der Waals surface area (Å²) < 4.78 is 26.8. The van der Waals surface area contributed by atoms with Crippen LogP contribution in [0.1, 0.15) is 11.4 Å². The Hall–Kier alpha value is -2.49. The first-order chi connectivity index (χ1) is 14.4. The highest BCUT2D eigenvalue weighted by molar-refractivity contribution is 7.90. The van der Waals surface area contributed by atoms with E-state index in [1.807, 2.05) is 25.1 Å². The number of halogens is 1. The number of anilines is 1. The largest absolute Gasteiger partial charge is 0.369 e. The van der Waals surface area contributed by atoms with Gasteiger partial charge in [-0.2, -0.15) is 0 Å². The molecule has 0 spiro atoms. The zero-order valence-corrected chi connectivity index (χ0v) is 18.2. The molecule has 3 aromatic rings. The van der Waals surface area contributed by atoms with Gasteiger partial charge in [-0.15, -0.1) is 5.10 Å². The van der Waals surface area contributed by atoms with Crippen molar-refractivity contribution in [3.05, 3.63) is 64.9 Å². The molecule has 1 saturated heterocycles. The van der Waals surface area contributed by atoms with Gasteiger partial charge in [0, 0.05) is 36.9 Å². The summed E-state index contributed by atoms with van der Waals surface area (Å²) in [7, 11) is -3.53. The molecule has 1 aliphatic rings. The van der Waals surface area contributed by atoms with Crippen LogP contribution in [0.4, 0.5) is 5.69 Å². The molecule has 2 aromatic carbocycles. The van der Waals surface area contributed by atoms with E-state index in [0.29, 0.717) is 12.4 Å². The lowest BCUT2D eigenvalue weighted by Crippen LogP contribution is -2.46. The van der Waals surface area contributed by atoms with Gasteiger partial charge in [0.1, 0.15) is 0 Å². The molecule has 8 nitrogen and oxygen atoms in total. The molecule has 4 rings (SSSR count). The third kappa shape index (κ3) is 4.80. The Morgan fingerprint density at radius 2 is 1.77 bits per heavy atom. The van der Waals surface area contributed by atoms with Gasteiger partial charge in [-0.25, -0.2) is 13.1 Å². The maximum Gasteiger partial charge on any atom is 0.198 e. The van der Waals surface area contributed by atoms with Crippen LogP contribution in [-0.4, -0.2) is 59.7 Å². The maximum absolute atomic E-state index is 12.7. The fourth-order valence-electron chi connectivity index (χ4n) is 3.45. The van der Waals surface area contributed by atoms with E-state index in [9.17, 15) is 8.42 Å². The first-order valence-corrected chi connectivity index (χ1v) is 11.7. The zero-order chi connectivity index (χ0) is 21.1. The van der Waals surface area contributed by atoms with Gasteiger partial charge < -0.3 is 4.90 Å². The average molecular weight is 447 g/mol. The highest BCUT2D eigenvalue weighted by Crippen LogP contribution is 2.21. The molecule has 10 heteroatoms. The van der Waals surface area contributed by atoms with Gasteiger partial charge in [-0.1, -0.05) is 35.4 Å². The molecule has 0 aliphatic carbocycles. The summed E-state index contributed by atoms with van der Waals surface area (Å²) in [6.07, 6.45) is 0. The fourth-order valence-corrected chi connectivity index (χ4v) is 4.86. The Morgan fingerprint density at radius 1 is 1.03 bits per heavy atom. The number of hydrogen-bond donors (Lipinski definition) is 0. The molecule has 1 fully saturated rings. The molecule has 0 saturated carbocycles. The van der Waals surface area contributed by atoms with Crippen LogP contribution in [0.5, 0.6) is 0 Å². The lowest BCUT2D eigenvalue weighted by atomic mass is 10.2. The number of tetrazole rings is 1. The molecule has 0 atom stereocenters. The first kappa shape index (κ1) is 20.8. The van der Waals surface area contributed by atoms with Gasteiger partial charge >= 0.3 is 0 Å². The summed E-state index contributed by atoms with van der Waals surface area (Å²) >= 11 is 6.10. The fraction of sp³-hybridized carbons (Fsp3) is 0.350. The molecular formula is C20H23ClN6O2S. The van der Waals surface area contributed by atoms with Crippen molar-refractivity contribution in [2.24, 2.45) is 0 Å². The third-order valence-electron chi connectivity index (χ3n) is 5.19. The second-order valence-electron chi connectivity index (χ2n) is 7.39. The predicted molar refractivity (Wildman–Crippen MR) is 115 cm³/mol. The predicted octanol–water partition coefficient (Wildman–Crippen LogP) is 2.39. The van der Waals surface area contributed by atoms with Gasteiger partial charge in [0.2, 0.25) is 0 Å². The van der Waals surface area contributed by atoms with E-state index in [1.165, 1.54) is 4.68 Å². The molecule has 0 radical (unpaired) electrons. The zero-order valence-electron chi connectivity index (χ0n) is 16.6. The van der Waals surface area contributed by atoms with Gasteiger partial charge in [0.15, 0.2) is 21.5 Å². The lowest BCUT2D eigenvalue weighted by molar-refractivity contribution is 0.240. The summed E-state index contributed by atoms with van der Waals surface area (Å²) in [4.78, 5) is 4.78. The van der Waals surface area contributed by atoms with E-state index in [-0.39, 0.29) is 10.8 Å². The van der Waals surface area contributed by atoms with Crippen LogP contribution in [0.15, 0.2) is 53.4 Å². The Morgan fingerprint density at radius 3 is 2.47 bits per heavy atom. The van der Waals surface area contributed by atoms with Crippen molar-refractivity contribution in [3.8, 4) is 0 Å². The normalized spacial score (nSPS) is 15.5. The third-order valence-corrected chi connectivity index (χ3v) is 7.00. The van der Waals surface area contributed by atoms with E-state index in [1.54, 1.807) is 24.3 Å². The van der Waals surface area contributed by atoms with Gasteiger partial charge in [0.05, 0.1) is 11.4 Å². The molecule has 1 aromatic heterocycles. The summed E-state index contributed by atoms with van der Waals surface area (Å²) in [6.45, 7) is 5.77. The van der Waals surface area contributed by atoms with Crippen molar-refractivity contribution in [2.45, 2.75) is 24.2 Å². The second kappa shape index (κ2) is 8.71. The van der Waals surface area contributed by atoms with Gasteiger partial charge in [0.25, 0.3) is 0 Å². The Bertz CT molecular complexity index is 1110. The Balaban J connectivity index is 1.39. The van der Waals surface area contributed by atoms with Crippen LogP contribution in [0.25, 0.3) is 0 Å². The second-order valence-corrected chi connectivity index (χ2v) is 9.79. The summed E-state index contributed by atoms with van der Waals surface area (Å²) in [5.74, 6) is 0.267. The molecule has 2 heterocycles. The van der Waals surface area contributed by atoms with Crippen LogP contribution in [-0.2, 0) is 22.3 Å². The number of aryl methyl sites for hydroxylation is 1. The van der Waals surface area contributed by atoms with E-state index < -0.39 is 9.84 Å². The minimum absolute atomic E-state index is 0.268. The number of aromatic nitrogens is 4. The summed E-state index contributed by atoms with van der Waals surface area (Å²) in [5.41, 5.74) is 2.12. The monoisotopic (exact) mass is 446 g/mol. The summed E-state index contributed by atoms with van der Waals surface area (Å²) in [6, 6.07) is 14.6. The molecule has 1 aliphatic heterocycles. The standard InChI is InChI=1S/C20H23ClN6O2S/c1-16-5-7-19(8-6-16)30(28,29)15-27-20(22-23-24-27)14-25-9-11-26(12-10-25)18-4-2-3-17(21)13-18/h2-8,13H,9-12,14-15H2,1H3. The van der Waals surface area contributed by atoms with E-state index in [2.05, 4.69) is 31.4 Å². The average Bonchev–Trinajstić information content (AvgIpc) is 3.15. The number of piperazine rings is 1. The van der Waals surface area contributed by atoms with Crippen molar-refractivity contribution < 1.29 is 8.42 Å². The molecule has 30 heavy (non-hydrogen) atoms. The van der Waals surface area contributed by atoms with Crippen molar-refractivity contribution in [2.75, 3.05) is 31.1 Å². The molecule has 0 unspecified atom stereocenters. The Labute approximate surface area is 181 Å². The molecule has 0 N–H and O–H groups in total. The van der Waals surface area contributed by atoms with E-state index >= 15 is 0 Å². The van der Waals surface area contributed by atoms with Gasteiger partial charge in [-0.3, -0.25) is 4.90 Å². The topological polar surface area (TPSA) is 84.2 Å². The number of sulfone groups is 1. The van der Waals surface area contributed by atoms with Crippen molar-refractivity contribution >= 4 is 27.1 Å². The quantitative estimate of drug-likeness (QED) is 0.574. The molecular weight excluding hydrogens is 424 g/mol. The summed E-state index contributed by atoms with van der Waals surface area (Å²) in [5, 5.41) is 12.4. The number of benzene rings is 2. The Kier molecular flexibility index (Phi) is 6.03. The minimum atomic E-state index is -3.53. The highest BCUT2D eigenvalue weighted by atomic mass is 35.5. The molecule has 0 amide bonds. The number of nitrogens with zero attached hydrogens (tertiary/aromatic N) is 6. The molecule has 158 valence electrons. The van der Waals surface area contributed by atoms with Crippen LogP contribution >= 0.6 is 11.6 Å². The number of rotatable bonds is 6. The molecule has 0 bridgehead atoms. The van der Waals surface area contributed by atoms with Crippen molar-refractivity contribution in [3.63, 3.8) is 0 Å². The van der Waals surface area contributed by atoms with E-state index in [0.717, 1.165) is 42.5 Å². The lowest BCUT2D eigenvalue weighted by Gasteiger charge is -2.35. The van der Waals surface area contributed by atoms with Crippen LogP contribution in [0, 0.1) is 6.92 Å². The SMILES string of the molecule is Cc1ccc(S(=O)(=O)Cn2nnnc2CN2CCN(c3cccc(Cl)c3)CC2)cc1. The first-order valence-electron chi connectivity index (χ1n) is 9.68.